The van der Waals surface area contributed by atoms with Gasteiger partial charge in [-0.25, -0.2) is 9.97 Å². The van der Waals surface area contributed by atoms with Crippen molar-refractivity contribution in [3.63, 3.8) is 0 Å². The number of hydrogen-bond donors (Lipinski definition) is 5. The summed E-state index contributed by atoms with van der Waals surface area (Å²) in [7, 11) is 0. The summed E-state index contributed by atoms with van der Waals surface area (Å²) in [6.45, 7) is -0.154. The van der Waals surface area contributed by atoms with Crippen LogP contribution < -0.4 is 21.1 Å². The highest BCUT2D eigenvalue weighted by Crippen LogP contribution is 2.25. The number of anilines is 2. The molecule has 0 bridgehead atoms. The molecule has 0 saturated heterocycles. The molecule has 180 valence electrons. The third-order valence-corrected chi connectivity index (χ3v) is 4.85. The third kappa shape index (κ3) is 7.21. The van der Waals surface area contributed by atoms with Crippen LogP contribution in [-0.4, -0.2) is 52.2 Å². The van der Waals surface area contributed by atoms with Crippen LogP contribution in [0.3, 0.4) is 0 Å². The van der Waals surface area contributed by atoms with Crippen molar-refractivity contribution in [2.45, 2.75) is 12.5 Å². The second kappa shape index (κ2) is 12.6. The number of allylic oxidation sites excluding steroid dienone is 1. The summed E-state index contributed by atoms with van der Waals surface area (Å²) in [4.78, 5) is 30.8. The van der Waals surface area contributed by atoms with E-state index in [9.17, 15) is 9.59 Å². The predicted octanol–water partition coefficient (Wildman–Crippen LogP) is 2.30. The van der Waals surface area contributed by atoms with Gasteiger partial charge in [0.1, 0.15) is 35.7 Å². The van der Waals surface area contributed by atoms with Crippen molar-refractivity contribution in [2.24, 2.45) is 0 Å². The Morgan fingerprint density at radius 2 is 1.83 bits per heavy atom. The largest absolute Gasteiger partial charge is 0.457 e. The van der Waals surface area contributed by atoms with Gasteiger partial charge < -0.3 is 26.2 Å². The monoisotopic (exact) mass is 474 g/mol. The zero-order chi connectivity index (χ0) is 25.0. The van der Waals surface area contributed by atoms with Gasteiger partial charge in [-0.2, -0.15) is 0 Å². The van der Waals surface area contributed by atoms with Crippen molar-refractivity contribution >= 4 is 29.5 Å². The molecule has 2 aromatic carbocycles. The Kier molecular flexibility index (Phi) is 9.03. The number of carbonyl (C=O) groups excluding carboxylic acids is 2. The maximum absolute atomic E-state index is 11.7. The first-order chi connectivity index (χ1) is 17.0. The standard InChI is InChI=1S/C25H26N6O4/c26-23(17-8-10-20(11-9-17)35-19-6-2-1-3-7-19)22-24(27)29-16-30-25(22)31-18(5-4-13-32)15-28-21(34)12-14-33/h1-11,13,16,18,26,33H,12,14-15H2,(H,28,34)(H3,27,29,30,31)/b5-4+,26-23?. The summed E-state index contributed by atoms with van der Waals surface area (Å²) in [6, 6.07) is 15.8. The first kappa shape index (κ1) is 25.1. The van der Waals surface area contributed by atoms with Crippen LogP contribution >= 0.6 is 0 Å². The zero-order valence-corrected chi connectivity index (χ0v) is 18.8. The number of aliphatic hydroxyl groups is 1. The summed E-state index contributed by atoms with van der Waals surface area (Å²) in [5.41, 5.74) is 7.02. The quantitative estimate of drug-likeness (QED) is 0.152. The van der Waals surface area contributed by atoms with E-state index in [4.69, 9.17) is 21.0 Å². The van der Waals surface area contributed by atoms with Gasteiger partial charge in [0.25, 0.3) is 0 Å². The smallest absolute Gasteiger partial charge is 0.222 e. The first-order valence-corrected chi connectivity index (χ1v) is 10.8. The van der Waals surface area contributed by atoms with E-state index in [1.807, 2.05) is 30.3 Å². The van der Waals surface area contributed by atoms with Gasteiger partial charge in [0.15, 0.2) is 0 Å². The molecule has 0 saturated carbocycles. The lowest BCUT2D eigenvalue weighted by Crippen LogP contribution is -2.36. The number of benzene rings is 2. The molecule has 1 aromatic heterocycles. The van der Waals surface area contributed by atoms with Gasteiger partial charge in [0.05, 0.1) is 23.9 Å². The minimum atomic E-state index is -0.537. The van der Waals surface area contributed by atoms with Gasteiger partial charge in [-0.3, -0.25) is 15.0 Å². The fourth-order valence-electron chi connectivity index (χ4n) is 3.15. The molecule has 3 aromatic rings. The Balaban J connectivity index is 1.80. The van der Waals surface area contributed by atoms with Crippen molar-refractivity contribution in [1.29, 1.82) is 5.41 Å². The Bertz CT molecular complexity index is 1180. The van der Waals surface area contributed by atoms with Crippen molar-refractivity contribution in [2.75, 3.05) is 24.2 Å². The minimum absolute atomic E-state index is 0.0373. The summed E-state index contributed by atoms with van der Waals surface area (Å²) < 4.78 is 5.80. The number of carbonyl (C=O) groups is 2. The lowest BCUT2D eigenvalue weighted by atomic mass is 10.0. The van der Waals surface area contributed by atoms with Gasteiger partial charge in [0, 0.05) is 18.5 Å². The van der Waals surface area contributed by atoms with E-state index in [1.165, 1.54) is 12.4 Å². The number of amides is 1. The van der Waals surface area contributed by atoms with Crippen LogP contribution in [0, 0.1) is 5.41 Å². The fourth-order valence-corrected chi connectivity index (χ4v) is 3.15. The molecule has 6 N–H and O–H groups in total. The van der Waals surface area contributed by atoms with E-state index in [-0.39, 0.29) is 48.4 Å². The Morgan fingerprint density at radius 3 is 2.51 bits per heavy atom. The van der Waals surface area contributed by atoms with Crippen LogP contribution in [0.15, 0.2) is 73.1 Å². The number of nitrogens with two attached hydrogens (primary N) is 1. The normalized spacial score (nSPS) is 11.6. The predicted molar refractivity (Wildman–Crippen MR) is 133 cm³/mol. The fraction of sp³-hybridized carbons (Fsp3) is 0.160. The van der Waals surface area contributed by atoms with Crippen LogP contribution in [0.5, 0.6) is 11.5 Å². The number of aromatic nitrogens is 2. The van der Waals surface area contributed by atoms with E-state index in [0.717, 1.165) is 0 Å². The number of aliphatic hydroxyl groups excluding tert-OH is 1. The minimum Gasteiger partial charge on any atom is -0.457 e. The topological polar surface area (TPSA) is 163 Å². The van der Waals surface area contributed by atoms with E-state index >= 15 is 0 Å². The Morgan fingerprint density at radius 1 is 1.11 bits per heavy atom. The van der Waals surface area contributed by atoms with Gasteiger partial charge in [0.2, 0.25) is 5.91 Å². The van der Waals surface area contributed by atoms with Crippen molar-refractivity contribution in [3.05, 3.63) is 84.2 Å². The van der Waals surface area contributed by atoms with Crippen molar-refractivity contribution in [1.82, 2.24) is 15.3 Å². The van der Waals surface area contributed by atoms with Gasteiger partial charge in [-0.15, -0.1) is 0 Å². The highest BCUT2D eigenvalue weighted by atomic mass is 16.5. The van der Waals surface area contributed by atoms with E-state index in [0.29, 0.717) is 23.3 Å². The summed E-state index contributed by atoms with van der Waals surface area (Å²) in [5.74, 6) is 1.33. The van der Waals surface area contributed by atoms with E-state index in [2.05, 4.69) is 20.6 Å². The molecule has 0 fully saturated rings. The third-order valence-electron chi connectivity index (χ3n) is 4.85. The van der Waals surface area contributed by atoms with Crippen molar-refractivity contribution in [3.8, 4) is 11.5 Å². The molecule has 10 nitrogen and oxygen atoms in total. The number of aldehydes is 1. The molecule has 35 heavy (non-hydrogen) atoms. The molecule has 0 spiro atoms. The second-order valence-corrected chi connectivity index (χ2v) is 7.35. The van der Waals surface area contributed by atoms with Crippen LogP contribution in [-0.2, 0) is 9.59 Å². The maximum Gasteiger partial charge on any atom is 0.222 e. The van der Waals surface area contributed by atoms with Crippen molar-refractivity contribution < 1.29 is 19.4 Å². The van der Waals surface area contributed by atoms with Crippen LogP contribution in [0.1, 0.15) is 17.5 Å². The lowest BCUT2D eigenvalue weighted by Gasteiger charge is -2.19. The molecule has 1 atom stereocenters. The molecule has 0 aliphatic carbocycles. The SMILES string of the molecule is N=C(c1ccc(Oc2ccccc2)cc1)c1c(N)ncnc1NC(/C=C/C=O)CNC(=O)CCO. The number of nitrogens with one attached hydrogen (secondary N) is 3. The number of ether oxygens (including phenoxy) is 1. The Labute approximate surface area is 202 Å². The molecule has 0 radical (unpaired) electrons. The summed E-state index contributed by atoms with van der Waals surface area (Å²) in [5, 5.41) is 23.4. The summed E-state index contributed by atoms with van der Waals surface area (Å²) in [6.07, 6.45) is 4.67. The average Bonchev–Trinajstić information content (AvgIpc) is 2.86. The number of nitrogens with zero attached hydrogens (tertiary/aromatic N) is 2. The molecule has 10 heteroatoms. The zero-order valence-electron chi connectivity index (χ0n) is 18.8. The molecule has 3 rings (SSSR count). The van der Waals surface area contributed by atoms with Gasteiger partial charge in [-0.1, -0.05) is 24.3 Å². The second-order valence-electron chi connectivity index (χ2n) is 7.35. The molecular weight excluding hydrogens is 448 g/mol. The maximum atomic E-state index is 11.7. The molecule has 1 unspecified atom stereocenters. The van der Waals surface area contributed by atoms with Crippen LogP contribution in [0.25, 0.3) is 0 Å². The number of hydrogen-bond acceptors (Lipinski definition) is 9. The van der Waals surface area contributed by atoms with Crippen LogP contribution in [0.2, 0.25) is 0 Å². The highest BCUT2D eigenvalue weighted by molar-refractivity contribution is 6.16. The van der Waals surface area contributed by atoms with Gasteiger partial charge in [-0.05, 0) is 42.5 Å². The van der Waals surface area contributed by atoms with E-state index < -0.39 is 6.04 Å². The summed E-state index contributed by atoms with van der Waals surface area (Å²) >= 11 is 0. The highest BCUT2D eigenvalue weighted by Gasteiger charge is 2.19. The molecule has 0 aliphatic heterocycles. The number of nitrogen functional groups attached to an aromatic ring is 1. The van der Waals surface area contributed by atoms with Gasteiger partial charge >= 0.3 is 0 Å². The Hall–Kier alpha value is -4.57. The lowest BCUT2D eigenvalue weighted by molar-refractivity contribution is -0.121. The molecule has 1 heterocycles. The molecule has 1 amide bonds. The van der Waals surface area contributed by atoms with E-state index in [1.54, 1.807) is 30.3 Å². The molecule has 0 aliphatic rings. The average molecular weight is 475 g/mol. The first-order valence-electron chi connectivity index (χ1n) is 10.8. The number of para-hydroxylation sites is 1. The molecular formula is C25H26N6O4. The number of rotatable bonds is 12. The van der Waals surface area contributed by atoms with Crippen LogP contribution in [0.4, 0.5) is 11.6 Å².